The van der Waals surface area contributed by atoms with Gasteiger partial charge in [0.2, 0.25) is 0 Å². The van der Waals surface area contributed by atoms with E-state index < -0.39 is 11.4 Å². The van der Waals surface area contributed by atoms with Gasteiger partial charge in [-0.1, -0.05) is 46.8 Å². The van der Waals surface area contributed by atoms with E-state index >= 15 is 0 Å². The summed E-state index contributed by atoms with van der Waals surface area (Å²) >= 11 is 0. The molecule has 1 aromatic rings. The Morgan fingerprint density at radius 2 is 1.64 bits per heavy atom. The summed E-state index contributed by atoms with van der Waals surface area (Å²) < 4.78 is 0. The summed E-state index contributed by atoms with van der Waals surface area (Å²) in [6.45, 7) is 18.8. The Balaban J connectivity index is 1.45. The Bertz CT molecular complexity index is 1190. The summed E-state index contributed by atoms with van der Waals surface area (Å²) in [6, 6.07) is 0. The minimum absolute atomic E-state index is 0.0593. The monoisotopic (exact) mass is 494 g/mol. The highest BCUT2D eigenvalue weighted by Crippen LogP contribution is 2.77. The summed E-state index contributed by atoms with van der Waals surface area (Å²) in [7, 11) is 0. The summed E-state index contributed by atoms with van der Waals surface area (Å²) in [4.78, 5) is 25.7. The summed E-state index contributed by atoms with van der Waals surface area (Å²) in [6.07, 6.45) is 9.08. The average Bonchev–Trinajstić information content (AvgIpc) is 3.36. The summed E-state index contributed by atoms with van der Waals surface area (Å²) in [5.41, 5.74) is 3.02. The SMILES string of the molecule is C=C(C)[C@@H]1CC[C@]2(C(=O)O)CC[C@]3(C)[C@H](CC[C@@H]4[C@@]5(C)Cc6c([nH][nH]c6=O)C(C)(C)[C@H]5CC[C@]43C)[C@@H]12. The molecule has 0 spiro atoms. The normalized spacial score (nSPS) is 48.7. The lowest BCUT2D eigenvalue weighted by atomic mass is 9.32. The summed E-state index contributed by atoms with van der Waals surface area (Å²) in [5.74, 6) is 1.46. The van der Waals surface area contributed by atoms with Crippen molar-refractivity contribution in [2.75, 3.05) is 0 Å². The van der Waals surface area contributed by atoms with Gasteiger partial charge in [-0.25, -0.2) is 0 Å². The van der Waals surface area contributed by atoms with Crippen molar-refractivity contribution < 1.29 is 9.90 Å². The Morgan fingerprint density at radius 1 is 0.917 bits per heavy atom. The Morgan fingerprint density at radius 3 is 2.31 bits per heavy atom. The van der Waals surface area contributed by atoms with Crippen LogP contribution in [0.3, 0.4) is 0 Å². The van der Waals surface area contributed by atoms with Crippen LogP contribution in [0.2, 0.25) is 0 Å². The van der Waals surface area contributed by atoms with Gasteiger partial charge in [-0.15, -0.1) is 0 Å². The van der Waals surface area contributed by atoms with Gasteiger partial charge in [0.25, 0.3) is 5.56 Å². The standard InChI is InChI=1S/C31H46N2O3/c1-17(2)18-10-13-31(26(35)36)15-14-29(6)20(23(18)31)8-9-22-28(5)16-19-24(32-33-25(19)34)27(3,4)21(28)11-12-30(22,29)7/h18,20-23H,1,8-16H2,2-7H3,(H,35,36)(H2,32,33,34)/t18-,20+,21+,22+,23+,28-,29+,30+,31-/m0/s1. The lowest BCUT2D eigenvalue weighted by Gasteiger charge is -2.72. The number of carbonyl (C=O) groups is 1. The van der Waals surface area contributed by atoms with Crippen molar-refractivity contribution in [2.45, 2.75) is 105 Å². The molecule has 0 bridgehead atoms. The molecular weight excluding hydrogens is 448 g/mol. The van der Waals surface area contributed by atoms with Crippen molar-refractivity contribution in [3.05, 3.63) is 33.8 Å². The van der Waals surface area contributed by atoms with Crippen LogP contribution in [0.5, 0.6) is 0 Å². The van der Waals surface area contributed by atoms with Crippen molar-refractivity contribution in [3.63, 3.8) is 0 Å². The second kappa shape index (κ2) is 7.20. The molecule has 4 saturated carbocycles. The molecule has 198 valence electrons. The number of aromatic nitrogens is 2. The fourth-order valence-corrected chi connectivity index (χ4v) is 12.0. The first-order valence-electron chi connectivity index (χ1n) is 14.4. The smallest absolute Gasteiger partial charge is 0.309 e. The van der Waals surface area contributed by atoms with Gasteiger partial charge < -0.3 is 10.2 Å². The predicted octanol–water partition coefficient (Wildman–Crippen LogP) is 6.46. The average molecular weight is 495 g/mol. The number of H-pyrrole nitrogens is 2. The fourth-order valence-electron chi connectivity index (χ4n) is 12.0. The molecule has 1 aromatic heterocycles. The number of allylic oxidation sites excluding steroid dienone is 1. The van der Waals surface area contributed by atoms with Crippen LogP contribution in [0.4, 0.5) is 0 Å². The van der Waals surface area contributed by atoms with Crippen molar-refractivity contribution in [1.29, 1.82) is 0 Å². The Labute approximate surface area is 215 Å². The maximum absolute atomic E-state index is 12.9. The van der Waals surface area contributed by atoms with Gasteiger partial charge in [0.15, 0.2) is 0 Å². The molecule has 0 aromatic carbocycles. The highest BCUT2D eigenvalue weighted by atomic mass is 16.4. The molecule has 4 fully saturated rings. The van der Waals surface area contributed by atoms with Gasteiger partial charge in [-0.05, 0) is 111 Å². The molecule has 0 amide bonds. The molecule has 6 rings (SSSR count). The van der Waals surface area contributed by atoms with Gasteiger partial charge in [0.1, 0.15) is 0 Å². The van der Waals surface area contributed by atoms with Crippen LogP contribution < -0.4 is 5.56 Å². The second-order valence-corrected chi connectivity index (χ2v) is 15.0. The van der Waals surface area contributed by atoms with E-state index in [1.54, 1.807) is 0 Å². The fraction of sp³-hybridized carbons (Fsp3) is 0.806. The van der Waals surface area contributed by atoms with Crippen LogP contribution in [0.15, 0.2) is 16.9 Å². The third-order valence-electron chi connectivity index (χ3n) is 13.7. The van der Waals surface area contributed by atoms with Crippen LogP contribution in [-0.2, 0) is 16.6 Å². The van der Waals surface area contributed by atoms with Gasteiger partial charge in [-0.2, -0.15) is 0 Å². The first kappa shape index (κ1) is 24.6. The highest BCUT2D eigenvalue weighted by molar-refractivity contribution is 5.76. The van der Waals surface area contributed by atoms with E-state index in [1.807, 2.05) is 0 Å². The highest BCUT2D eigenvalue weighted by Gasteiger charge is 2.72. The third kappa shape index (κ3) is 2.63. The first-order chi connectivity index (χ1) is 16.7. The largest absolute Gasteiger partial charge is 0.481 e. The molecule has 3 N–H and O–H groups in total. The number of aromatic amines is 2. The zero-order valence-corrected chi connectivity index (χ0v) is 23.2. The minimum Gasteiger partial charge on any atom is -0.481 e. The lowest BCUT2D eigenvalue weighted by Crippen LogP contribution is -2.67. The molecule has 36 heavy (non-hydrogen) atoms. The minimum atomic E-state index is -0.571. The molecule has 0 aliphatic heterocycles. The lowest BCUT2D eigenvalue weighted by molar-refractivity contribution is -0.227. The molecule has 5 aliphatic carbocycles. The second-order valence-electron chi connectivity index (χ2n) is 15.0. The number of hydrogen-bond acceptors (Lipinski definition) is 2. The van der Waals surface area contributed by atoms with Crippen LogP contribution in [0, 0.1) is 51.2 Å². The van der Waals surface area contributed by atoms with E-state index in [2.05, 4.69) is 58.3 Å². The van der Waals surface area contributed by atoms with E-state index in [0.29, 0.717) is 23.7 Å². The van der Waals surface area contributed by atoms with Gasteiger partial charge in [0.05, 0.1) is 5.41 Å². The number of carboxylic acid groups (broad SMARTS) is 1. The van der Waals surface area contributed by atoms with Crippen molar-refractivity contribution in [3.8, 4) is 0 Å². The van der Waals surface area contributed by atoms with E-state index in [-0.39, 0.29) is 33.1 Å². The van der Waals surface area contributed by atoms with E-state index in [0.717, 1.165) is 56.2 Å². The van der Waals surface area contributed by atoms with E-state index in [4.69, 9.17) is 0 Å². The van der Waals surface area contributed by atoms with Gasteiger partial charge in [-0.3, -0.25) is 14.7 Å². The predicted molar refractivity (Wildman–Crippen MR) is 142 cm³/mol. The molecule has 0 radical (unpaired) electrons. The van der Waals surface area contributed by atoms with E-state index in [9.17, 15) is 14.7 Å². The van der Waals surface area contributed by atoms with Crippen molar-refractivity contribution in [2.24, 2.45) is 51.2 Å². The first-order valence-corrected chi connectivity index (χ1v) is 14.4. The molecular formula is C31H46N2O3. The molecule has 0 unspecified atom stereocenters. The molecule has 5 aliphatic rings. The number of rotatable bonds is 2. The zero-order valence-electron chi connectivity index (χ0n) is 23.2. The third-order valence-corrected chi connectivity index (χ3v) is 13.7. The maximum Gasteiger partial charge on any atom is 0.309 e. The summed E-state index contributed by atoms with van der Waals surface area (Å²) in [5, 5.41) is 16.7. The molecule has 1 heterocycles. The van der Waals surface area contributed by atoms with Crippen LogP contribution in [-0.4, -0.2) is 21.3 Å². The quantitative estimate of drug-likeness (QED) is 0.413. The van der Waals surface area contributed by atoms with E-state index in [1.165, 1.54) is 18.4 Å². The zero-order chi connectivity index (χ0) is 26.1. The Hall–Kier alpha value is -1.78. The number of hydrogen-bond donors (Lipinski definition) is 3. The van der Waals surface area contributed by atoms with Crippen LogP contribution >= 0.6 is 0 Å². The topological polar surface area (TPSA) is 85.9 Å². The van der Waals surface area contributed by atoms with Crippen LogP contribution in [0.25, 0.3) is 0 Å². The maximum atomic E-state index is 12.9. The van der Waals surface area contributed by atoms with Crippen molar-refractivity contribution >= 4 is 5.97 Å². The van der Waals surface area contributed by atoms with Gasteiger partial charge in [0, 0.05) is 16.7 Å². The number of nitrogens with one attached hydrogen (secondary N) is 2. The Kier molecular flexibility index (Phi) is 4.91. The molecule has 9 atom stereocenters. The molecule has 5 nitrogen and oxygen atoms in total. The van der Waals surface area contributed by atoms with Gasteiger partial charge >= 0.3 is 5.97 Å². The van der Waals surface area contributed by atoms with Crippen molar-refractivity contribution in [1.82, 2.24) is 10.2 Å². The number of aliphatic carboxylic acids is 1. The number of fused-ring (bicyclic) bond motifs is 8. The molecule has 5 heteroatoms. The van der Waals surface area contributed by atoms with Crippen LogP contribution in [0.1, 0.15) is 104 Å². The number of carboxylic acids is 1. The molecule has 0 saturated heterocycles.